The molecule has 28 heavy (non-hydrogen) atoms. The molecule has 3 N–H and O–H groups in total. The molecule has 1 amide bonds. The van der Waals surface area contributed by atoms with Gasteiger partial charge in [-0.15, -0.1) is 0 Å². The molecule has 1 aliphatic rings. The third-order valence-corrected chi connectivity index (χ3v) is 5.77. The molecule has 7 nitrogen and oxygen atoms in total. The summed E-state index contributed by atoms with van der Waals surface area (Å²) in [5.41, 5.74) is 1.34. The Balaban J connectivity index is 1.58. The van der Waals surface area contributed by atoms with Crippen LogP contribution in [0.5, 0.6) is 0 Å². The maximum atomic E-state index is 13.1. The Morgan fingerprint density at radius 3 is 2.36 bits per heavy atom. The minimum atomic E-state index is -3.83. The summed E-state index contributed by atoms with van der Waals surface area (Å²) in [5, 5.41) is 7.87. The minimum Gasteiger partial charge on any atom is -0.369 e. The second kappa shape index (κ2) is 8.26. The number of carbonyl (C=O) groups excluding carboxylic acids is 1. The van der Waals surface area contributed by atoms with Crippen molar-refractivity contribution in [3.8, 4) is 0 Å². The van der Waals surface area contributed by atoms with Crippen LogP contribution in [0, 0.1) is 5.82 Å². The van der Waals surface area contributed by atoms with Crippen LogP contribution in [0.2, 0.25) is 0 Å². The fraction of sp³-hybridized carbons (Fsp3) is 0.316. The van der Waals surface area contributed by atoms with Crippen LogP contribution in [0.15, 0.2) is 53.4 Å². The average molecular weight is 406 g/mol. The van der Waals surface area contributed by atoms with E-state index in [2.05, 4.69) is 15.1 Å². The molecule has 1 saturated heterocycles. The number of halogens is 1. The number of piperazine rings is 1. The first-order chi connectivity index (χ1) is 13.2. The molecule has 9 heteroatoms. The van der Waals surface area contributed by atoms with E-state index in [1.807, 2.05) is 6.92 Å². The SMILES string of the molecule is C[C@H](C(=O)Nc1cccc(S(N)(=O)=O)c1)N1CCN(c2ccc(F)cc2)CC1. The zero-order valence-electron chi connectivity index (χ0n) is 15.5. The van der Waals surface area contributed by atoms with Gasteiger partial charge < -0.3 is 10.2 Å². The third-order valence-electron chi connectivity index (χ3n) is 4.86. The molecule has 0 aromatic heterocycles. The molecule has 1 aliphatic heterocycles. The first kappa shape index (κ1) is 20.2. The number of sulfonamides is 1. The lowest BCUT2D eigenvalue weighted by atomic mass is 10.2. The van der Waals surface area contributed by atoms with Gasteiger partial charge in [0, 0.05) is 37.6 Å². The second-order valence-corrected chi connectivity index (χ2v) is 8.30. The van der Waals surface area contributed by atoms with Gasteiger partial charge >= 0.3 is 0 Å². The molecular formula is C19H23FN4O3S. The zero-order valence-corrected chi connectivity index (χ0v) is 16.3. The van der Waals surface area contributed by atoms with Crippen molar-refractivity contribution in [1.29, 1.82) is 0 Å². The molecule has 1 fully saturated rings. The fourth-order valence-corrected chi connectivity index (χ4v) is 3.74. The van der Waals surface area contributed by atoms with Crippen LogP contribution in [-0.2, 0) is 14.8 Å². The summed E-state index contributed by atoms with van der Waals surface area (Å²) in [6.45, 7) is 4.63. The summed E-state index contributed by atoms with van der Waals surface area (Å²) in [4.78, 5) is 16.7. The Hall–Kier alpha value is -2.49. The Kier molecular flexibility index (Phi) is 5.97. The van der Waals surface area contributed by atoms with E-state index in [0.29, 0.717) is 18.8 Å². The maximum absolute atomic E-state index is 13.1. The van der Waals surface area contributed by atoms with Crippen LogP contribution in [0.25, 0.3) is 0 Å². The normalized spacial score (nSPS) is 16.6. The lowest BCUT2D eigenvalue weighted by Gasteiger charge is -2.38. The highest BCUT2D eigenvalue weighted by Gasteiger charge is 2.26. The van der Waals surface area contributed by atoms with Gasteiger partial charge in [0.25, 0.3) is 0 Å². The van der Waals surface area contributed by atoms with Crippen LogP contribution in [0.4, 0.5) is 15.8 Å². The standard InChI is InChI=1S/C19H23FN4O3S/c1-14(19(25)22-16-3-2-4-18(13-16)28(21,26)27)23-9-11-24(12-10-23)17-7-5-15(20)6-8-17/h2-8,13-14H,9-12H2,1H3,(H,22,25)(H2,21,26,27)/t14-/m1/s1. The van der Waals surface area contributed by atoms with Gasteiger partial charge in [0.15, 0.2) is 0 Å². The average Bonchev–Trinajstić information content (AvgIpc) is 2.68. The van der Waals surface area contributed by atoms with Gasteiger partial charge in [-0.2, -0.15) is 0 Å². The van der Waals surface area contributed by atoms with Gasteiger partial charge in [-0.1, -0.05) is 6.07 Å². The van der Waals surface area contributed by atoms with E-state index in [-0.39, 0.29) is 22.7 Å². The van der Waals surface area contributed by atoms with Crippen LogP contribution < -0.4 is 15.4 Å². The molecule has 1 heterocycles. The number of nitrogens with two attached hydrogens (primary N) is 1. The number of primary sulfonamides is 1. The molecule has 0 radical (unpaired) electrons. The Bertz CT molecular complexity index is 942. The monoisotopic (exact) mass is 406 g/mol. The van der Waals surface area contributed by atoms with Gasteiger partial charge in [0.2, 0.25) is 15.9 Å². The number of anilines is 2. The van der Waals surface area contributed by atoms with Crippen molar-refractivity contribution in [3.63, 3.8) is 0 Å². The van der Waals surface area contributed by atoms with Crippen molar-refractivity contribution < 1.29 is 17.6 Å². The van der Waals surface area contributed by atoms with Gasteiger partial charge in [-0.25, -0.2) is 17.9 Å². The van der Waals surface area contributed by atoms with E-state index in [0.717, 1.165) is 18.8 Å². The van der Waals surface area contributed by atoms with Crippen molar-refractivity contribution in [2.75, 3.05) is 36.4 Å². The highest BCUT2D eigenvalue weighted by atomic mass is 32.2. The molecule has 0 unspecified atom stereocenters. The quantitative estimate of drug-likeness (QED) is 0.787. The molecule has 0 bridgehead atoms. The predicted octanol–water partition coefficient (Wildman–Crippen LogP) is 1.62. The number of nitrogens with zero attached hydrogens (tertiary/aromatic N) is 2. The topological polar surface area (TPSA) is 95.7 Å². The number of nitrogens with one attached hydrogen (secondary N) is 1. The number of carbonyl (C=O) groups is 1. The molecule has 0 spiro atoms. The molecular weight excluding hydrogens is 383 g/mol. The second-order valence-electron chi connectivity index (χ2n) is 6.74. The lowest BCUT2D eigenvalue weighted by molar-refractivity contribution is -0.120. The minimum absolute atomic E-state index is 0.0501. The van der Waals surface area contributed by atoms with Crippen LogP contribution in [0.3, 0.4) is 0 Å². The van der Waals surface area contributed by atoms with E-state index in [9.17, 15) is 17.6 Å². The highest BCUT2D eigenvalue weighted by molar-refractivity contribution is 7.89. The summed E-state index contributed by atoms with van der Waals surface area (Å²) in [5.74, 6) is -0.485. The van der Waals surface area contributed by atoms with Crippen molar-refractivity contribution in [2.24, 2.45) is 5.14 Å². The van der Waals surface area contributed by atoms with Gasteiger partial charge in [-0.05, 0) is 49.4 Å². The van der Waals surface area contributed by atoms with E-state index in [1.165, 1.54) is 30.3 Å². The summed E-state index contributed by atoms with van der Waals surface area (Å²) in [6.07, 6.45) is 0. The first-order valence-corrected chi connectivity index (χ1v) is 10.5. The van der Waals surface area contributed by atoms with Crippen LogP contribution in [0.1, 0.15) is 6.92 Å². The molecule has 0 aliphatic carbocycles. The predicted molar refractivity (Wildman–Crippen MR) is 106 cm³/mol. The largest absolute Gasteiger partial charge is 0.369 e. The fourth-order valence-electron chi connectivity index (χ4n) is 3.18. The molecule has 2 aromatic rings. The smallest absolute Gasteiger partial charge is 0.241 e. The molecule has 0 saturated carbocycles. The summed E-state index contributed by atoms with van der Waals surface area (Å²) < 4.78 is 36.0. The van der Waals surface area contributed by atoms with E-state index in [4.69, 9.17) is 5.14 Å². The van der Waals surface area contributed by atoms with Crippen LogP contribution >= 0.6 is 0 Å². The molecule has 1 atom stereocenters. The van der Waals surface area contributed by atoms with Crippen molar-refractivity contribution >= 4 is 27.3 Å². The summed E-state index contributed by atoms with van der Waals surface area (Å²) in [7, 11) is -3.83. The van der Waals surface area contributed by atoms with Crippen molar-refractivity contribution in [1.82, 2.24) is 4.90 Å². The lowest BCUT2D eigenvalue weighted by Crippen LogP contribution is -2.52. The Morgan fingerprint density at radius 1 is 1.11 bits per heavy atom. The van der Waals surface area contributed by atoms with E-state index in [1.54, 1.807) is 18.2 Å². The third kappa shape index (κ3) is 4.86. The van der Waals surface area contributed by atoms with Gasteiger partial charge in [-0.3, -0.25) is 9.69 Å². The van der Waals surface area contributed by atoms with Crippen molar-refractivity contribution in [3.05, 3.63) is 54.3 Å². The Labute approximate surface area is 164 Å². The summed E-state index contributed by atoms with van der Waals surface area (Å²) >= 11 is 0. The molecule has 3 rings (SSSR count). The van der Waals surface area contributed by atoms with E-state index >= 15 is 0 Å². The van der Waals surface area contributed by atoms with Crippen molar-refractivity contribution in [2.45, 2.75) is 17.9 Å². The first-order valence-electron chi connectivity index (χ1n) is 8.92. The zero-order chi connectivity index (χ0) is 20.3. The number of amides is 1. The Morgan fingerprint density at radius 2 is 1.75 bits per heavy atom. The van der Waals surface area contributed by atoms with Crippen LogP contribution in [-0.4, -0.2) is 51.4 Å². The number of benzene rings is 2. The van der Waals surface area contributed by atoms with E-state index < -0.39 is 10.0 Å². The number of rotatable bonds is 5. The number of hydrogen-bond donors (Lipinski definition) is 2. The number of hydrogen-bond acceptors (Lipinski definition) is 5. The van der Waals surface area contributed by atoms with Gasteiger partial charge in [0.05, 0.1) is 10.9 Å². The maximum Gasteiger partial charge on any atom is 0.241 e. The van der Waals surface area contributed by atoms with Gasteiger partial charge in [0.1, 0.15) is 5.82 Å². The molecule has 150 valence electrons. The summed E-state index contributed by atoms with van der Waals surface area (Å²) in [6, 6.07) is 11.9. The molecule has 2 aromatic carbocycles. The highest BCUT2D eigenvalue weighted by Crippen LogP contribution is 2.19.